The first-order valence-electron chi connectivity index (χ1n) is 7.84. The predicted molar refractivity (Wildman–Crippen MR) is 94.0 cm³/mol. The topological polar surface area (TPSA) is 68.2 Å². The van der Waals surface area contributed by atoms with Crippen LogP contribution in [0.3, 0.4) is 0 Å². The van der Waals surface area contributed by atoms with Crippen LogP contribution in [0.15, 0.2) is 36.0 Å². The average molecular weight is 314 g/mol. The number of amides is 1. The van der Waals surface area contributed by atoms with Crippen molar-refractivity contribution in [3.63, 3.8) is 0 Å². The monoisotopic (exact) mass is 314 g/mol. The third kappa shape index (κ3) is 6.54. The molecular formula is C18H26N4O. The Balaban J connectivity index is 2.66. The van der Waals surface area contributed by atoms with Gasteiger partial charge < -0.3 is 15.5 Å². The summed E-state index contributed by atoms with van der Waals surface area (Å²) in [6.45, 7) is 5.81. The Morgan fingerprint density at radius 3 is 2.65 bits per heavy atom. The molecule has 0 bridgehead atoms. The summed E-state index contributed by atoms with van der Waals surface area (Å²) >= 11 is 0. The molecule has 0 aliphatic carbocycles. The van der Waals surface area contributed by atoms with Crippen molar-refractivity contribution in [2.75, 3.05) is 32.5 Å². The average Bonchev–Trinajstić information content (AvgIpc) is 2.50. The minimum atomic E-state index is -0.388. The molecule has 1 aromatic carbocycles. The number of hydrogen-bond acceptors (Lipinski definition) is 4. The molecule has 2 N–H and O–H groups in total. The van der Waals surface area contributed by atoms with Gasteiger partial charge in [0.1, 0.15) is 11.6 Å². The second-order valence-electron chi connectivity index (χ2n) is 5.98. The SMILES string of the molecule is CC(C)c1ccccc1NC(=O)/C(C#N)=C\NCCCN(C)C. The number of benzene rings is 1. The maximum Gasteiger partial charge on any atom is 0.267 e. The van der Waals surface area contributed by atoms with E-state index in [9.17, 15) is 10.1 Å². The van der Waals surface area contributed by atoms with E-state index >= 15 is 0 Å². The molecule has 1 rings (SSSR count). The van der Waals surface area contributed by atoms with Crippen molar-refractivity contribution in [1.29, 1.82) is 5.26 Å². The van der Waals surface area contributed by atoms with E-state index in [1.54, 1.807) is 0 Å². The summed E-state index contributed by atoms with van der Waals surface area (Å²) in [7, 11) is 4.02. The lowest BCUT2D eigenvalue weighted by Gasteiger charge is -2.13. The first kappa shape index (κ1) is 18.7. The summed E-state index contributed by atoms with van der Waals surface area (Å²) in [6.07, 6.45) is 2.43. The molecule has 0 radical (unpaired) electrons. The van der Waals surface area contributed by atoms with Crippen LogP contribution in [0.1, 0.15) is 31.7 Å². The highest BCUT2D eigenvalue weighted by atomic mass is 16.1. The van der Waals surface area contributed by atoms with Gasteiger partial charge in [0.2, 0.25) is 0 Å². The van der Waals surface area contributed by atoms with Gasteiger partial charge in [-0.2, -0.15) is 5.26 Å². The van der Waals surface area contributed by atoms with Gasteiger partial charge >= 0.3 is 0 Å². The Kier molecular flexibility index (Phi) is 7.86. The molecule has 0 atom stereocenters. The fourth-order valence-corrected chi connectivity index (χ4v) is 2.12. The van der Waals surface area contributed by atoms with Gasteiger partial charge in [0.25, 0.3) is 5.91 Å². The molecule has 5 nitrogen and oxygen atoms in total. The molecule has 0 aliphatic heterocycles. The second kappa shape index (κ2) is 9.65. The number of para-hydroxylation sites is 1. The van der Waals surface area contributed by atoms with E-state index in [0.717, 1.165) is 30.8 Å². The van der Waals surface area contributed by atoms with Crippen molar-refractivity contribution in [2.45, 2.75) is 26.2 Å². The number of nitrogens with zero attached hydrogens (tertiary/aromatic N) is 2. The number of hydrogen-bond donors (Lipinski definition) is 2. The quantitative estimate of drug-likeness (QED) is 0.440. The molecule has 23 heavy (non-hydrogen) atoms. The third-order valence-corrected chi connectivity index (χ3v) is 3.37. The maximum absolute atomic E-state index is 12.2. The zero-order valence-electron chi connectivity index (χ0n) is 14.4. The number of anilines is 1. The Morgan fingerprint density at radius 2 is 2.04 bits per heavy atom. The van der Waals surface area contributed by atoms with Crippen LogP contribution in [0.2, 0.25) is 0 Å². The number of nitrogens with one attached hydrogen (secondary N) is 2. The van der Waals surface area contributed by atoms with E-state index in [1.807, 2.05) is 44.4 Å². The van der Waals surface area contributed by atoms with Crippen LogP contribution >= 0.6 is 0 Å². The van der Waals surface area contributed by atoms with Crippen molar-refractivity contribution < 1.29 is 4.79 Å². The first-order chi connectivity index (χ1) is 11.0. The molecule has 0 aliphatic rings. The van der Waals surface area contributed by atoms with Gasteiger partial charge in [-0.25, -0.2) is 0 Å². The molecule has 124 valence electrons. The lowest BCUT2D eigenvalue weighted by molar-refractivity contribution is -0.112. The highest BCUT2D eigenvalue weighted by Gasteiger charge is 2.12. The normalized spacial score (nSPS) is 11.4. The van der Waals surface area contributed by atoms with Crippen molar-refractivity contribution >= 4 is 11.6 Å². The molecule has 1 amide bonds. The van der Waals surface area contributed by atoms with Crippen molar-refractivity contribution in [3.8, 4) is 6.07 Å². The second-order valence-corrected chi connectivity index (χ2v) is 5.98. The third-order valence-electron chi connectivity index (χ3n) is 3.37. The zero-order chi connectivity index (χ0) is 17.2. The Hall–Kier alpha value is -2.32. The Morgan fingerprint density at radius 1 is 1.35 bits per heavy atom. The molecule has 0 unspecified atom stereocenters. The summed E-state index contributed by atoms with van der Waals surface area (Å²) in [5, 5.41) is 15.0. The van der Waals surface area contributed by atoms with Crippen LogP contribution in [0.4, 0.5) is 5.69 Å². The van der Waals surface area contributed by atoms with Gasteiger partial charge in [0.05, 0.1) is 0 Å². The van der Waals surface area contributed by atoms with Gasteiger partial charge in [0.15, 0.2) is 0 Å². The molecule has 0 aromatic heterocycles. The summed E-state index contributed by atoms with van der Waals surface area (Å²) in [5.41, 5.74) is 1.88. The van der Waals surface area contributed by atoms with Gasteiger partial charge in [-0.1, -0.05) is 32.0 Å². The smallest absolute Gasteiger partial charge is 0.267 e. The first-order valence-corrected chi connectivity index (χ1v) is 7.84. The summed E-state index contributed by atoms with van der Waals surface area (Å²) in [4.78, 5) is 14.3. The number of rotatable bonds is 8. The van der Waals surface area contributed by atoms with Crippen LogP contribution in [0, 0.1) is 11.3 Å². The highest BCUT2D eigenvalue weighted by molar-refractivity contribution is 6.06. The summed E-state index contributed by atoms with van der Waals surface area (Å²) < 4.78 is 0. The lowest BCUT2D eigenvalue weighted by atomic mass is 10.0. The van der Waals surface area contributed by atoms with Gasteiger partial charge in [-0.05, 0) is 44.6 Å². The minimum absolute atomic E-state index is 0.0772. The maximum atomic E-state index is 12.2. The lowest BCUT2D eigenvalue weighted by Crippen LogP contribution is -2.20. The molecule has 0 saturated heterocycles. The number of nitriles is 1. The van der Waals surface area contributed by atoms with E-state index in [4.69, 9.17) is 0 Å². The van der Waals surface area contributed by atoms with Crippen molar-refractivity contribution in [2.24, 2.45) is 0 Å². The van der Waals surface area contributed by atoms with Crippen molar-refractivity contribution in [1.82, 2.24) is 10.2 Å². The molecule has 1 aromatic rings. The van der Waals surface area contributed by atoms with Gasteiger partial charge in [-0.3, -0.25) is 4.79 Å². The molecular weight excluding hydrogens is 288 g/mol. The van der Waals surface area contributed by atoms with Crippen LogP contribution in [-0.2, 0) is 4.79 Å². The Bertz CT molecular complexity index is 585. The van der Waals surface area contributed by atoms with Crippen LogP contribution in [-0.4, -0.2) is 38.0 Å². The van der Waals surface area contributed by atoms with Crippen molar-refractivity contribution in [3.05, 3.63) is 41.6 Å². The van der Waals surface area contributed by atoms with E-state index in [0.29, 0.717) is 5.92 Å². The number of carbonyl (C=O) groups excluding carboxylic acids is 1. The van der Waals surface area contributed by atoms with Crippen LogP contribution in [0.25, 0.3) is 0 Å². The van der Waals surface area contributed by atoms with E-state index in [-0.39, 0.29) is 11.5 Å². The van der Waals surface area contributed by atoms with E-state index in [2.05, 4.69) is 29.4 Å². The molecule has 0 spiro atoms. The van der Waals surface area contributed by atoms with E-state index in [1.165, 1.54) is 6.20 Å². The van der Waals surface area contributed by atoms with Crippen LogP contribution in [0.5, 0.6) is 0 Å². The number of carbonyl (C=O) groups is 1. The summed E-state index contributed by atoms with van der Waals surface area (Å²) in [6, 6.07) is 9.60. The fraction of sp³-hybridized carbons (Fsp3) is 0.444. The van der Waals surface area contributed by atoms with E-state index < -0.39 is 0 Å². The zero-order valence-corrected chi connectivity index (χ0v) is 14.4. The largest absolute Gasteiger partial charge is 0.390 e. The fourth-order valence-electron chi connectivity index (χ4n) is 2.12. The molecule has 0 fully saturated rings. The summed E-state index contributed by atoms with van der Waals surface area (Å²) in [5.74, 6) is -0.0918. The van der Waals surface area contributed by atoms with Gasteiger partial charge in [-0.15, -0.1) is 0 Å². The highest BCUT2D eigenvalue weighted by Crippen LogP contribution is 2.23. The predicted octanol–water partition coefficient (Wildman–Crippen LogP) is 2.70. The molecule has 5 heteroatoms. The molecule has 0 heterocycles. The molecule has 0 saturated carbocycles. The minimum Gasteiger partial charge on any atom is -0.390 e. The van der Waals surface area contributed by atoms with Gasteiger partial charge in [0, 0.05) is 18.4 Å². The van der Waals surface area contributed by atoms with Crippen LogP contribution < -0.4 is 10.6 Å². The standard InChI is InChI=1S/C18H26N4O/c1-14(2)16-8-5-6-9-17(16)21-18(23)15(12-19)13-20-10-7-11-22(3)4/h5-6,8-9,13-14,20H,7,10-11H2,1-4H3,(H,21,23)/b15-13-. The Labute approximate surface area is 139 Å².